The molecular formula is C31H37N3O2. The van der Waals surface area contributed by atoms with Gasteiger partial charge in [-0.1, -0.05) is 79.4 Å². The number of carbonyl (C=O) groups is 2. The molecule has 0 radical (unpaired) electrons. The molecule has 0 atom stereocenters. The molecule has 0 unspecified atom stereocenters. The zero-order valence-corrected chi connectivity index (χ0v) is 21.7. The van der Waals surface area contributed by atoms with Crippen molar-refractivity contribution in [3.63, 3.8) is 0 Å². The molecule has 2 amide bonds. The van der Waals surface area contributed by atoms with Crippen LogP contribution >= 0.6 is 0 Å². The Hall–Kier alpha value is -3.60. The largest absolute Gasteiger partial charge is 0.378 e. The van der Waals surface area contributed by atoms with Crippen LogP contribution in [0.3, 0.4) is 0 Å². The maximum Gasteiger partial charge on any atom is 0.250 e. The monoisotopic (exact) mass is 483 g/mol. The molecule has 36 heavy (non-hydrogen) atoms. The number of nitrogens with one attached hydrogen (secondary N) is 1. The van der Waals surface area contributed by atoms with Gasteiger partial charge in [-0.15, -0.1) is 0 Å². The Morgan fingerprint density at radius 2 is 1.44 bits per heavy atom. The van der Waals surface area contributed by atoms with Crippen molar-refractivity contribution in [2.24, 2.45) is 0 Å². The lowest BCUT2D eigenvalue weighted by molar-refractivity contribution is -0.148. The van der Waals surface area contributed by atoms with Crippen LogP contribution in [0, 0.1) is 6.92 Å². The standard InChI is InChI=1S/C31H37N3O2/c1-24-12-14-26(15-13-24)23-34(29(35)22-25-10-6-4-7-11-25)31(20-8-5-9-21-31)30(36)32-27-16-18-28(19-17-27)33(2)3/h4,6-7,10-19H,5,8-9,20-23H2,1-3H3,(H,32,36). The number of amides is 2. The average Bonchev–Trinajstić information content (AvgIpc) is 2.89. The average molecular weight is 484 g/mol. The number of nitrogens with zero attached hydrogens (tertiary/aromatic N) is 2. The SMILES string of the molecule is Cc1ccc(CN(C(=O)Cc2ccccc2)C2(C(=O)Nc3ccc(N(C)C)cc3)CCCCC2)cc1. The number of anilines is 2. The molecule has 5 heteroatoms. The highest BCUT2D eigenvalue weighted by Crippen LogP contribution is 2.37. The molecule has 3 aromatic carbocycles. The molecule has 188 valence electrons. The summed E-state index contributed by atoms with van der Waals surface area (Å²) in [5, 5.41) is 3.16. The number of carbonyl (C=O) groups excluding carboxylic acids is 2. The number of aryl methyl sites for hydroxylation is 1. The van der Waals surface area contributed by atoms with Gasteiger partial charge in [0.05, 0.1) is 6.42 Å². The van der Waals surface area contributed by atoms with E-state index in [4.69, 9.17) is 0 Å². The van der Waals surface area contributed by atoms with Crippen LogP contribution in [0.1, 0.15) is 48.8 Å². The summed E-state index contributed by atoms with van der Waals surface area (Å²) in [5.74, 6) is -0.102. The molecule has 0 heterocycles. The minimum atomic E-state index is -0.880. The van der Waals surface area contributed by atoms with E-state index in [-0.39, 0.29) is 18.2 Å². The van der Waals surface area contributed by atoms with E-state index in [0.717, 1.165) is 41.8 Å². The molecule has 4 rings (SSSR count). The van der Waals surface area contributed by atoms with Crippen LogP contribution in [0.5, 0.6) is 0 Å². The Bertz CT molecular complexity index is 1150. The van der Waals surface area contributed by atoms with Gasteiger partial charge in [-0.25, -0.2) is 0 Å². The van der Waals surface area contributed by atoms with Crippen molar-refractivity contribution in [2.45, 2.75) is 57.5 Å². The van der Waals surface area contributed by atoms with Gasteiger partial charge in [-0.3, -0.25) is 9.59 Å². The lowest BCUT2D eigenvalue weighted by atomic mass is 9.78. The van der Waals surface area contributed by atoms with Crippen LogP contribution in [0.15, 0.2) is 78.9 Å². The predicted molar refractivity (Wildman–Crippen MR) is 147 cm³/mol. The van der Waals surface area contributed by atoms with Crippen LogP contribution < -0.4 is 10.2 Å². The van der Waals surface area contributed by atoms with Crippen LogP contribution in [-0.4, -0.2) is 36.3 Å². The van der Waals surface area contributed by atoms with Crippen LogP contribution in [0.4, 0.5) is 11.4 Å². The zero-order valence-electron chi connectivity index (χ0n) is 21.7. The van der Waals surface area contributed by atoms with Crippen LogP contribution in [0.2, 0.25) is 0 Å². The van der Waals surface area contributed by atoms with Gasteiger partial charge in [0.2, 0.25) is 11.8 Å². The molecule has 1 saturated carbocycles. The minimum absolute atomic E-state index is 0.0122. The van der Waals surface area contributed by atoms with E-state index in [1.54, 1.807) is 0 Å². The number of hydrogen-bond donors (Lipinski definition) is 1. The fourth-order valence-electron chi connectivity index (χ4n) is 5.07. The topological polar surface area (TPSA) is 52.7 Å². The summed E-state index contributed by atoms with van der Waals surface area (Å²) in [4.78, 5) is 31.8. The Kier molecular flexibility index (Phi) is 8.09. The molecule has 1 aliphatic rings. The summed E-state index contributed by atoms with van der Waals surface area (Å²) >= 11 is 0. The molecule has 0 spiro atoms. The first-order valence-corrected chi connectivity index (χ1v) is 12.9. The number of hydrogen-bond acceptors (Lipinski definition) is 3. The van der Waals surface area contributed by atoms with Crippen molar-refractivity contribution < 1.29 is 9.59 Å². The Morgan fingerprint density at radius 3 is 2.06 bits per heavy atom. The first-order chi connectivity index (χ1) is 17.4. The van der Waals surface area contributed by atoms with Gasteiger partial charge < -0.3 is 15.1 Å². The van der Waals surface area contributed by atoms with Gasteiger partial charge in [0.1, 0.15) is 5.54 Å². The Morgan fingerprint density at radius 1 is 0.806 bits per heavy atom. The second kappa shape index (κ2) is 11.4. The van der Waals surface area contributed by atoms with Gasteiger partial charge in [-0.2, -0.15) is 0 Å². The summed E-state index contributed by atoms with van der Waals surface area (Å²) in [5.41, 5.74) is 4.11. The third-order valence-electron chi connectivity index (χ3n) is 7.22. The van der Waals surface area contributed by atoms with Crippen molar-refractivity contribution in [3.8, 4) is 0 Å². The van der Waals surface area contributed by atoms with E-state index in [9.17, 15) is 9.59 Å². The van der Waals surface area contributed by atoms with Crippen molar-refractivity contribution in [2.75, 3.05) is 24.3 Å². The molecule has 1 N–H and O–H groups in total. The maximum atomic E-state index is 14.0. The van der Waals surface area contributed by atoms with E-state index in [0.29, 0.717) is 19.4 Å². The van der Waals surface area contributed by atoms with Gasteiger partial charge >= 0.3 is 0 Å². The third kappa shape index (κ3) is 5.96. The van der Waals surface area contributed by atoms with E-state index < -0.39 is 5.54 Å². The predicted octanol–water partition coefficient (Wildman–Crippen LogP) is 5.97. The highest BCUT2D eigenvalue weighted by Gasteiger charge is 2.46. The number of rotatable bonds is 8. The lowest BCUT2D eigenvalue weighted by Gasteiger charge is -2.45. The Labute approximate surface area is 215 Å². The molecular weight excluding hydrogens is 446 g/mol. The van der Waals surface area contributed by atoms with E-state index in [2.05, 4.69) is 36.5 Å². The van der Waals surface area contributed by atoms with E-state index >= 15 is 0 Å². The lowest BCUT2D eigenvalue weighted by Crippen LogP contribution is -2.60. The third-order valence-corrected chi connectivity index (χ3v) is 7.22. The molecule has 0 saturated heterocycles. The fourth-order valence-corrected chi connectivity index (χ4v) is 5.07. The first-order valence-electron chi connectivity index (χ1n) is 12.9. The Balaban J connectivity index is 1.67. The van der Waals surface area contributed by atoms with Crippen LogP contribution in [0.25, 0.3) is 0 Å². The molecule has 0 aromatic heterocycles. The second-order valence-electron chi connectivity index (χ2n) is 10.1. The van der Waals surface area contributed by atoms with Crippen LogP contribution in [-0.2, 0) is 22.6 Å². The number of benzene rings is 3. The van der Waals surface area contributed by atoms with Crippen molar-refractivity contribution >= 4 is 23.2 Å². The van der Waals surface area contributed by atoms with Gasteiger partial charge in [0.15, 0.2) is 0 Å². The fraction of sp³-hybridized carbons (Fsp3) is 0.355. The second-order valence-corrected chi connectivity index (χ2v) is 10.1. The summed E-state index contributed by atoms with van der Waals surface area (Å²) < 4.78 is 0. The van der Waals surface area contributed by atoms with Crippen molar-refractivity contribution in [3.05, 3.63) is 95.6 Å². The smallest absolute Gasteiger partial charge is 0.250 e. The molecule has 5 nitrogen and oxygen atoms in total. The van der Waals surface area contributed by atoms with E-state index in [1.807, 2.05) is 78.5 Å². The van der Waals surface area contributed by atoms with Gasteiger partial charge in [0, 0.05) is 32.0 Å². The molecule has 0 aliphatic heterocycles. The quantitative estimate of drug-likeness (QED) is 0.429. The highest BCUT2D eigenvalue weighted by molar-refractivity contribution is 6.01. The molecule has 1 fully saturated rings. The normalized spacial score (nSPS) is 14.6. The van der Waals surface area contributed by atoms with Crippen molar-refractivity contribution in [1.82, 2.24) is 4.90 Å². The first kappa shape index (κ1) is 25.5. The summed E-state index contributed by atoms with van der Waals surface area (Å²) in [7, 11) is 3.98. The summed E-state index contributed by atoms with van der Waals surface area (Å²) in [6, 6.07) is 25.9. The van der Waals surface area contributed by atoms with E-state index in [1.165, 1.54) is 5.56 Å². The molecule has 0 bridgehead atoms. The van der Waals surface area contributed by atoms with Crippen molar-refractivity contribution in [1.29, 1.82) is 0 Å². The van der Waals surface area contributed by atoms with Gasteiger partial charge in [0.25, 0.3) is 0 Å². The zero-order chi connectivity index (χ0) is 25.5. The maximum absolute atomic E-state index is 14.0. The molecule has 3 aromatic rings. The summed E-state index contributed by atoms with van der Waals surface area (Å²) in [6.07, 6.45) is 4.55. The minimum Gasteiger partial charge on any atom is -0.378 e. The molecule has 1 aliphatic carbocycles. The summed E-state index contributed by atoms with van der Waals surface area (Å²) in [6.45, 7) is 2.47. The highest BCUT2D eigenvalue weighted by atomic mass is 16.2. The van der Waals surface area contributed by atoms with Gasteiger partial charge in [-0.05, 0) is 55.2 Å².